The molecule has 0 saturated heterocycles. The van der Waals surface area contributed by atoms with Gasteiger partial charge in [0.15, 0.2) is 11.5 Å². The zero-order valence-corrected chi connectivity index (χ0v) is 7.52. The summed E-state index contributed by atoms with van der Waals surface area (Å²) in [6.45, 7) is 0. The van der Waals surface area contributed by atoms with Gasteiger partial charge >= 0.3 is 6.18 Å². The van der Waals surface area contributed by atoms with Crippen LogP contribution in [0.25, 0.3) is 0 Å². The maximum absolute atomic E-state index is 13.0. The fourth-order valence-electron chi connectivity index (χ4n) is 0.878. The molecular weight excluding hydrogens is 216 g/mol. The number of nitrogens with one attached hydrogen (secondary N) is 1. The van der Waals surface area contributed by atoms with Crippen molar-refractivity contribution in [3.63, 3.8) is 0 Å². The second-order valence-corrected chi connectivity index (χ2v) is 2.63. The average molecular weight is 222 g/mol. The molecule has 0 aliphatic carbocycles. The minimum absolute atomic E-state index is 0.234. The molecule has 0 atom stereocenters. The molecule has 0 radical (unpaired) electrons. The molecule has 3 nitrogen and oxygen atoms in total. The highest BCUT2D eigenvalue weighted by Gasteiger charge is 2.32. The highest BCUT2D eigenvalue weighted by atomic mass is 19.4. The molecule has 1 amide bonds. The minimum atomic E-state index is -4.67. The third kappa shape index (κ3) is 2.42. The van der Waals surface area contributed by atoms with Crippen molar-refractivity contribution in [2.75, 3.05) is 7.05 Å². The molecule has 1 aromatic rings. The van der Waals surface area contributed by atoms with Crippen LogP contribution >= 0.6 is 0 Å². The van der Waals surface area contributed by atoms with Gasteiger partial charge in [0.05, 0.1) is 5.56 Å². The second kappa shape index (κ2) is 3.84. The predicted octanol–water partition coefficient (Wildman–Crippen LogP) is 1.60. The van der Waals surface area contributed by atoms with Gasteiger partial charge in [0.1, 0.15) is 0 Å². The van der Waals surface area contributed by atoms with Crippen molar-refractivity contribution in [3.8, 4) is 0 Å². The zero-order chi connectivity index (χ0) is 11.6. The number of alkyl halides is 3. The van der Waals surface area contributed by atoms with Crippen molar-refractivity contribution in [2.45, 2.75) is 6.18 Å². The average Bonchev–Trinajstić information content (AvgIpc) is 2.15. The Morgan fingerprint density at radius 2 is 2.07 bits per heavy atom. The van der Waals surface area contributed by atoms with Crippen LogP contribution in [0.15, 0.2) is 12.3 Å². The lowest BCUT2D eigenvalue weighted by Crippen LogP contribution is -2.21. The summed E-state index contributed by atoms with van der Waals surface area (Å²) in [7, 11) is 1.22. The van der Waals surface area contributed by atoms with Crippen LogP contribution in [0.4, 0.5) is 17.6 Å². The Morgan fingerprint density at radius 3 is 2.47 bits per heavy atom. The summed E-state index contributed by atoms with van der Waals surface area (Å²) in [5.41, 5.74) is -1.89. The van der Waals surface area contributed by atoms with E-state index in [-0.39, 0.29) is 6.07 Å². The van der Waals surface area contributed by atoms with Crippen LogP contribution in [-0.4, -0.2) is 17.9 Å². The first-order chi connectivity index (χ1) is 6.86. The van der Waals surface area contributed by atoms with Crippen LogP contribution in [0, 0.1) is 5.82 Å². The first-order valence-electron chi connectivity index (χ1n) is 3.81. The zero-order valence-electron chi connectivity index (χ0n) is 7.52. The quantitative estimate of drug-likeness (QED) is 0.733. The van der Waals surface area contributed by atoms with Crippen LogP contribution < -0.4 is 5.32 Å². The fraction of sp³-hybridized carbons (Fsp3) is 0.250. The molecule has 7 heteroatoms. The van der Waals surface area contributed by atoms with E-state index in [0.717, 1.165) is 0 Å². The Bertz CT molecular complexity index is 389. The highest BCUT2D eigenvalue weighted by Crippen LogP contribution is 2.29. The van der Waals surface area contributed by atoms with Crippen molar-refractivity contribution in [1.82, 2.24) is 10.3 Å². The van der Waals surface area contributed by atoms with E-state index in [0.29, 0.717) is 6.20 Å². The summed E-state index contributed by atoms with van der Waals surface area (Å²) in [4.78, 5) is 14.0. The Morgan fingerprint density at radius 1 is 1.47 bits per heavy atom. The van der Waals surface area contributed by atoms with Crippen molar-refractivity contribution in [3.05, 3.63) is 29.3 Å². The molecule has 0 aliphatic rings. The van der Waals surface area contributed by atoms with Gasteiger partial charge < -0.3 is 5.32 Å². The maximum atomic E-state index is 13.0. The summed E-state index contributed by atoms with van der Waals surface area (Å²) in [6.07, 6.45) is -4.26. The van der Waals surface area contributed by atoms with Gasteiger partial charge in [-0.2, -0.15) is 13.2 Å². The van der Waals surface area contributed by atoms with Gasteiger partial charge in [0.2, 0.25) is 0 Å². The van der Waals surface area contributed by atoms with Gasteiger partial charge in [-0.05, 0) is 6.07 Å². The van der Waals surface area contributed by atoms with Gasteiger partial charge in [-0.15, -0.1) is 0 Å². The van der Waals surface area contributed by atoms with Crippen molar-refractivity contribution >= 4 is 5.91 Å². The number of amides is 1. The number of carbonyl (C=O) groups is 1. The van der Waals surface area contributed by atoms with Gasteiger partial charge in [0.25, 0.3) is 5.91 Å². The van der Waals surface area contributed by atoms with Crippen molar-refractivity contribution in [1.29, 1.82) is 0 Å². The van der Waals surface area contributed by atoms with E-state index in [1.165, 1.54) is 7.05 Å². The molecule has 1 rings (SSSR count). The van der Waals surface area contributed by atoms with Gasteiger partial charge in [-0.1, -0.05) is 0 Å². The van der Waals surface area contributed by atoms with Crippen molar-refractivity contribution < 1.29 is 22.4 Å². The highest BCUT2D eigenvalue weighted by molar-refractivity contribution is 5.92. The molecule has 0 saturated carbocycles. The first-order valence-corrected chi connectivity index (χ1v) is 3.81. The Balaban J connectivity index is 3.15. The second-order valence-electron chi connectivity index (χ2n) is 2.63. The summed E-state index contributed by atoms with van der Waals surface area (Å²) in [5, 5.41) is 2.06. The molecule has 0 fully saturated rings. The van der Waals surface area contributed by atoms with Crippen LogP contribution in [0.2, 0.25) is 0 Å². The number of nitrogens with zero attached hydrogens (tertiary/aromatic N) is 1. The molecule has 82 valence electrons. The largest absolute Gasteiger partial charge is 0.417 e. The standard InChI is InChI=1S/C8H6F4N2O/c1-13-7(15)6-5(9)2-4(3-14-6)8(10,11)12/h2-3H,1H3,(H,13,15). The number of hydrogen-bond donors (Lipinski definition) is 1. The SMILES string of the molecule is CNC(=O)c1ncc(C(F)(F)F)cc1F. The summed E-state index contributed by atoms with van der Waals surface area (Å²) < 4.78 is 49.2. The molecule has 1 heterocycles. The summed E-state index contributed by atoms with van der Waals surface area (Å²) >= 11 is 0. The lowest BCUT2D eigenvalue weighted by molar-refractivity contribution is -0.138. The lowest BCUT2D eigenvalue weighted by Gasteiger charge is -2.07. The lowest BCUT2D eigenvalue weighted by atomic mass is 10.2. The van der Waals surface area contributed by atoms with E-state index in [9.17, 15) is 22.4 Å². The summed E-state index contributed by atoms with van der Waals surface area (Å²) in [6, 6.07) is 0.234. The van der Waals surface area contributed by atoms with Crippen molar-refractivity contribution in [2.24, 2.45) is 0 Å². The van der Waals surface area contributed by atoms with E-state index in [1.54, 1.807) is 0 Å². The summed E-state index contributed by atoms with van der Waals surface area (Å²) in [5.74, 6) is -2.18. The molecule has 0 bridgehead atoms. The van der Waals surface area contributed by atoms with Crippen LogP contribution in [0.1, 0.15) is 16.1 Å². The van der Waals surface area contributed by atoms with Crippen LogP contribution in [0.5, 0.6) is 0 Å². The molecule has 0 aliphatic heterocycles. The van der Waals surface area contributed by atoms with Gasteiger partial charge in [-0.3, -0.25) is 4.79 Å². The van der Waals surface area contributed by atoms with Gasteiger partial charge in [-0.25, -0.2) is 9.37 Å². The third-order valence-corrected chi connectivity index (χ3v) is 1.61. The number of carbonyl (C=O) groups excluding carboxylic acids is 1. The Hall–Kier alpha value is -1.66. The molecule has 1 N–H and O–H groups in total. The minimum Gasteiger partial charge on any atom is -0.354 e. The van der Waals surface area contributed by atoms with E-state index in [4.69, 9.17) is 0 Å². The maximum Gasteiger partial charge on any atom is 0.417 e. The molecule has 0 unspecified atom stereocenters. The van der Waals surface area contributed by atoms with E-state index < -0.39 is 29.2 Å². The molecule has 1 aromatic heterocycles. The van der Waals surface area contributed by atoms with Crippen LogP contribution in [-0.2, 0) is 6.18 Å². The van der Waals surface area contributed by atoms with E-state index in [1.807, 2.05) is 0 Å². The number of rotatable bonds is 1. The number of hydrogen-bond acceptors (Lipinski definition) is 2. The first kappa shape index (κ1) is 11.4. The molecule has 15 heavy (non-hydrogen) atoms. The molecular formula is C8H6F4N2O. The molecule has 0 aromatic carbocycles. The predicted molar refractivity (Wildman–Crippen MR) is 42.6 cm³/mol. The smallest absolute Gasteiger partial charge is 0.354 e. The van der Waals surface area contributed by atoms with E-state index in [2.05, 4.69) is 10.3 Å². The third-order valence-electron chi connectivity index (χ3n) is 1.61. The Labute approximate surface area is 82.1 Å². The normalized spacial score (nSPS) is 11.3. The van der Waals surface area contributed by atoms with Crippen LogP contribution in [0.3, 0.4) is 0 Å². The number of pyridine rings is 1. The van der Waals surface area contributed by atoms with E-state index >= 15 is 0 Å². The topological polar surface area (TPSA) is 42.0 Å². The number of aromatic nitrogens is 1. The monoisotopic (exact) mass is 222 g/mol. The number of halogens is 4. The fourth-order valence-corrected chi connectivity index (χ4v) is 0.878. The Kier molecular flexibility index (Phi) is 2.92. The molecule has 0 spiro atoms. The van der Waals surface area contributed by atoms with Gasteiger partial charge in [0, 0.05) is 13.2 Å².